The Morgan fingerprint density at radius 2 is 2.29 bits per heavy atom. The van der Waals surface area contributed by atoms with Crippen molar-refractivity contribution in [3.8, 4) is 11.5 Å². The fourth-order valence-corrected chi connectivity index (χ4v) is 1.96. The molecule has 1 atom stereocenters. The number of morpholine rings is 1. The topological polar surface area (TPSA) is 50.7 Å². The van der Waals surface area contributed by atoms with Crippen LogP contribution >= 0.6 is 0 Å². The summed E-state index contributed by atoms with van der Waals surface area (Å²) in [5, 5.41) is 13.2. The first kappa shape index (κ1) is 12.2. The molecule has 1 unspecified atom stereocenters. The van der Waals surface area contributed by atoms with Gasteiger partial charge in [-0.1, -0.05) is 6.07 Å². The van der Waals surface area contributed by atoms with Crippen LogP contribution in [0.3, 0.4) is 0 Å². The number of phenols is 1. The average molecular weight is 237 g/mol. The Hall–Kier alpha value is -1.26. The molecule has 4 heteroatoms. The maximum atomic E-state index is 9.97. The lowest BCUT2D eigenvalue weighted by molar-refractivity contribution is 0.0238. The van der Waals surface area contributed by atoms with E-state index >= 15 is 0 Å². The van der Waals surface area contributed by atoms with Gasteiger partial charge in [-0.3, -0.25) is 0 Å². The average Bonchev–Trinajstić information content (AvgIpc) is 2.29. The van der Waals surface area contributed by atoms with E-state index in [1.807, 2.05) is 19.9 Å². The molecule has 2 rings (SSSR count). The minimum absolute atomic E-state index is 0.0760. The van der Waals surface area contributed by atoms with E-state index in [9.17, 15) is 5.11 Å². The van der Waals surface area contributed by atoms with Crippen molar-refractivity contribution in [1.82, 2.24) is 5.32 Å². The minimum Gasteiger partial charge on any atom is -0.507 e. The lowest BCUT2D eigenvalue weighted by Crippen LogP contribution is -2.33. The summed E-state index contributed by atoms with van der Waals surface area (Å²) in [6, 6.07) is 5.32. The summed E-state index contributed by atoms with van der Waals surface area (Å²) in [7, 11) is 0. The van der Waals surface area contributed by atoms with Crippen molar-refractivity contribution in [3.63, 3.8) is 0 Å². The quantitative estimate of drug-likeness (QED) is 0.842. The predicted octanol–water partition coefficient (Wildman–Crippen LogP) is 1.84. The lowest BCUT2D eigenvalue weighted by Gasteiger charge is -2.26. The molecule has 0 bridgehead atoms. The number of ether oxygens (including phenoxy) is 2. The Balaban J connectivity index is 2.28. The molecule has 4 nitrogen and oxygen atoms in total. The highest BCUT2D eigenvalue weighted by molar-refractivity contribution is 5.46. The van der Waals surface area contributed by atoms with Crippen LogP contribution in [-0.2, 0) is 4.74 Å². The van der Waals surface area contributed by atoms with Crippen molar-refractivity contribution < 1.29 is 14.6 Å². The van der Waals surface area contributed by atoms with Crippen LogP contribution in [0.15, 0.2) is 18.2 Å². The van der Waals surface area contributed by atoms with E-state index in [1.54, 1.807) is 12.1 Å². The van der Waals surface area contributed by atoms with Gasteiger partial charge in [0.15, 0.2) is 0 Å². The van der Waals surface area contributed by atoms with Gasteiger partial charge in [0.05, 0.1) is 18.3 Å². The van der Waals surface area contributed by atoms with Crippen molar-refractivity contribution in [3.05, 3.63) is 23.8 Å². The van der Waals surface area contributed by atoms with Gasteiger partial charge < -0.3 is 19.9 Å². The fraction of sp³-hybridized carbons (Fsp3) is 0.538. The van der Waals surface area contributed by atoms with Crippen LogP contribution in [0.25, 0.3) is 0 Å². The molecule has 0 spiro atoms. The standard InChI is InChI=1S/C13H19NO3/c1-9(2)17-11-5-3-4-10(15)13(11)12-8-14-6-7-16-12/h3-5,9,12,14-15H,6-8H2,1-2H3. The number of benzene rings is 1. The molecule has 0 amide bonds. The Morgan fingerprint density at radius 3 is 2.94 bits per heavy atom. The molecular formula is C13H19NO3. The predicted molar refractivity (Wildman–Crippen MR) is 65.4 cm³/mol. The van der Waals surface area contributed by atoms with Gasteiger partial charge in [-0.2, -0.15) is 0 Å². The van der Waals surface area contributed by atoms with Gasteiger partial charge in [-0.05, 0) is 26.0 Å². The summed E-state index contributed by atoms with van der Waals surface area (Å²) in [4.78, 5) is 0. The largest absolute Gasteiger partial charge is 0.507 e. The highest BCUT2D eigenvalue weighted by Crippen LogP contribution is 2.36. The zero-order valence-electron chi connectivity index (χ0n) is 10.3. The number of phenolic OH excluding ortho intramolecular Hbond substituents is 1. The molecule has 1 heterocycles. The molecule has 1 aromatic rings. The monoisotopic (exact) mass is 237 g/mol. The molecule has 0 saturated carbocycles. The summed E-state index contributed by atoms with van der Waals surface area (Å²) in [6.07, 6.45) is -0.0641. The normalized spacial score (nSPS) is 20.5. The number of hydrogen-bond acceptors (Lipinski definition) is 4. The number of nitrogens with one attached hydrogen (secondary N) is 1. The smallest absolute Gasteiger partial charge is 0.129 e. The molecular weight excluding hydrogens is 218 g/mol. The van der Waals surface area contributed by atoms with Gasteiger partial charge >= 0.3 is 0 Å². The van der Waals surface area contributed by atoms with Gasteiger partial charge in [0.2, 0.25) is 0 Å². The number of hydrogen-bond donors (Lipinski definition) is 2. The SMILES string of the molecule is CC(C)Oc1cccc(O)c1C1CNCCO1. The maximum Gasteiger partial charge on any atom is 0.129 e. The van der Waals surface area contributed by atoms with Gasteiger partial charge in [-0.25, -0.2) is 0 Å². The van der Waals surface area contributed by atoms with Crippen molar-refractivity contribution in [1.29, 1.82) is 0 Å². The molecule has 2 N–H and O–H groups in total. The van der Waals surface area contributed by atoms with Crippen LogP contribution in [-0.4, -0.2) is 30.9 Å². The zero-order valence-corrected chi connectivity index (χ0v) is 10.3. The Labute approximate surface area is 102 Å². The van der Waals surface area contributed by atoms with Crippen molar-refractivity contribution in [2.45, 2.75) is 26.1 Å². The van der Waals surface area contributed by atoms with Crippen LogP contribution in [0.4, 0.5) is 0 Å². The number of aromatic hydroxyl groups is 1. The molecule has 1 aliphatic rings. The van der Waals surface area contributed by atoms with Crippen LogP contribution < -0.4 is 10.1 Å². The Bertz CT molecular complexity index is 373. The first-order valence-electron chi connectivity index (χ1n) is 5.99. The second kappa shape index (κ2) is 5.38. The first-order chi connectivity index (χ1) is 8.18. The van der Waals surface area contributed by atoms with E-state index < -0.39 is 0 Å². The third-order valence-corrected chi connectivity index (χ3v) is 2.66. The molecule has 0 aromatic heterocycles. The molecule has 94 valence electrons. The molecule has 0 aliphatic carbocycles. The number of rotatable bonds is 3. The first-order valence-corrected chi connectivity index (χ1v) is 5.99. The van der Waals surface area contributed by atoms with Crippen LogP contribution in [0.1, 0.15) is 25.5 Å². The Morgan fingerprint density at radius 1 is 1.47 bits per heavy atom. The van der Waals surface area contributed by atoms with E-state index in [0.29, 0.717) is 18.9 Å². The second-order valence-electron chi connectivity index (χ2n) is 4.42. The highest BCUT2D eigenvalue weighted by Gasteiger charge is 2.23. The van der Waals surface area contributed by atoms with Crippen LogP contribution in [0, 0.1) is 0 Å². The molecule has 0 radical (unpaired) electrons. The van der Waals surface area contributed by atoms with Gasteiger partial charge in [0, 0.05) is 13.1 Å². The summed E-state index contributed by atoms with van der Waals surface area (Å²) in [5.41, 5.74) is 0.744. The molecule has 1 aromatic carbocycles. The second-order valence-corrected chi connectivity index (χ2v) is 4.42. The Kier molecular flexibility index (Phi) is 3.86. The van der Waals surface area contributed by atoms with Gasteiger partial charge in [-0.15, -0.1) is 0 Å². The minimum atomic E-state index is -0.140. The summed E-state index contributed by atoms with van der Waals surface area (Å²) in [5.74, 6) is 0.936. The van der Waals surface area contributed by atoms with E-state index in [2.05, 4.69) is 5.32 Å². The fourth-order valence-electron chi connectivity index (χ4n) is 1.96. The van der Waals surface area contributed by atoms with Gasteiger partial charge in [0.1, 0.15) is 17.6 Å². The zero-order chi connectivity index (χ0) is 12.3. The van der Waals surface area contributed by atoms with Crippen molar-refractivity contribution >= 4 is 0 Å². The van der Waals surface area contributed by atoms with Crippen molar-refractivity contribution in [2.24, 2.45) is 0 Å². The van der Waals surface area contributed by atoms with Crippen LogP contribution in [0.2, 0.25) is 0 Å². The molecule has 17 heavy (non-hydrogen) atoms. The van der Waals surface area contributed by atoms with E-state index in [1.165, 1.54) is 0 Å². The molecule has 1 fully saturated rings. The highest BCUT2D eigenvalue weighted by atomic mass is 16.5. The summed E-state index contributed by atoms with van der Waals surface area (Å²) >= 11 is 0. The van der Waals surface area contributed by atoms with E-state index in [-0.39, 0.29) is 18.0 Å². The maximum absolute atomic E-state index is 9.97. The molecule has 1 saturated heterocycles. The summed E-state index contributed by atoms with van der Waals surface area (Å²) in [6.45, 7) is 6.14. The third kappa shape index (κ3) is 2.90. The van der Waals surface area contributed by atoms with E-state index in [4.69, 9.17) is 9.47 Å². The lowest BCUT2D eigenvalue weighted by atomic mass is 10.1. The third-order valence-electron chi connectivity index (χ3n) is 2.66. The van der Waals surface area contributed by atoms with Crippen molar-refractivity contribution in [2.75, 3.05) is 19.7 Å². The van der Waals surface area contributed by atoms with Gasteiger partial charge in [0.25, 0.3) is 0 Å². The summed E-state index contributed by atoms with van der Waals surface area (Å²) < 4.78 is 11.4. The molecule has 1 aliphatic heterocycles. The van der Waals surface area contributed by atoms with Crippen LogP contribution in [0.5, 0.6) is 11.5 Å². The van der Waals surface area contributed by atoms with E-state index in [0.717, 1.165) is 12.1 Å².